The van der Waals surface area contributed by atoms with E-state index >= 15 is 0 Å². The van der Waals surface area contributed by atoms with Crippen LogP contribution in [0.4, 0.5) is 0 Å². The largest absolute Gasteiger partial charge is 0.461 e. The Balaban J connectivity index is 2.73. The molecule has 1 rings (SSSR count). The lowest BCUT2D eigenvalue weighted by Gasteiger charge is -1.84. The highest BCUT2D eigenvalue weighted by atomic mass is 16.3. The lowest BCUT2D eigenvalue weighted by atomic mass is 10.2. The van der Waals surface area contributed by atoms with Crippen molar-refractivity contribution in [1.29, 1.82) is 0 Å². The smallest absolute Gasteiger partial charge is 0.185 e. The Morgan fingerprint density at radius 3 is 2.92 bits per heavy atom. The minimum Gasteiger partial charge on any atom is -0.461 e. The molecular formula is C9H8O3. The van der Waals surface area contributed by atoms with E-state index in [1.165, 1.54) is 6.26 Å². The molecule has 0 aliphatic heterocycles. The van der Waals surface area contributed by atoms with Crippen LogP contribution in [0.1, 0.15) is 22.5 Å². The van der Waals surface area contributed by atoms with Crippen molar-refractivity contribution in [2.24, 2.45) is 0 Å². The summed E-state index contributed by atoms with van der Waals surface area (Å²) in [5.74, 6) is 0.289. The predicted molar refractivity (Wildman–Crippen MR) is 43.8 cm³/mol. The fourth-order valence-electron chi connectivity index (χ4n) is 0.815. The molecule has 1 aromatic rings. The summed E-state index contributed by atoms with van der Waals surface area (Å²) in [5.41, 5.74) is 0.701. The molecule has 3 nitrogen and oxygen atoms in total. The molecule has 0 unspecified atom stereocenters. The van der Waals surface area contributed by atoms with Gasteiger partial charge in [-0.2, -0.15) is 0 Å². The molecule has 0 aliphatic carbocycles. The van der Waals surface area contributed by atoms with Gasteiger partial charge in [-0.15, -0.1) is 0 Å². The highest BCUT2D eigenvalue weighted by molar-refractivity contribution is 5.78. The fraction of sp³-hybridized carbons (Fsp3) is 0.111. The van der Waals surface area contributed by atoms with E-state index in [2.05, 4.69) is 0 Å². The van der Waals surface area contributed by atoms with Gasteiger partial charge in [-0.25, -0.2) is 0 Å². The van der Waals surface area contributed by atoms with Crippen molar-refractivity contribution in [3.8, 4) is 0 Å². The summed E-state index contributed by atoms with van der Waals surface area (Å²) in [7, 11) is 0. The number of carbonyl (C=O) groups is 2. The number of furan rings is 1. The maximum atomic E-state index is 10.3. The summed E-state index contributed by atoms with van der Waals surface area (Å²) < 4.78 is 4.84. The van der Waals surface area contributed by atoms with Gasteiger partial charge in [0.1, 0.15) is 6.29 Å². The van der Waals surface area contributed by atoms with Crippen molar-refractivity contribution >= 4 is 18.6 Å². The number of carbonyl (C=O) groups excluding carboxylic acids is 2. The Hall–Kier alpha value is -1.64. The molecule has 12 heavy (non-hydrogen) atoms. The van der Waals surface area contributed by atoms with E-state index in [1.54, 1.807) is 18.2 Å². The number of rotatable bonds is 4. The van der Waals surface area contributed by atoms with Crippen LogP contribution in [0.15, 0.2) is 22.8 Å². The standard InChI is InChI=1S/C9H8O3/c10-5-2-1-3-8-4-6-12-9(8)7-11/h1,3-7H,2H2. The van der Waals surface area contributed by atoms with Crippen LogP contribution in [-0.4, -0.2) is 12.6 Å². The number of aldehydes is 2. The van der Waals surface area contributed by atoms with Crippen LogP contribution in [0, 0.1) is 0 Å². The lowest BCUT2D eigenvalue weighted by Crippen LogP contribution is -1.77. The number of hydrogen-bond donors (Lipinski definition) is 0. The maximum Gasteiger partial charge on any atom is 0.185 e. The first-order valence-corrected chi connectivity index (χ1v) is 3.51. The predicted octanol–water partition coefficient (Wildman–Crippen LogP) is 1.69. The summed E-state index contributed by atoms with van der Waals surface area (Å²) in [6.45, 7) is 0. The third-order valence-electron chi connectivity index (χ3n) is 1.36. The first-order valence-electron chi connectivity index (χ1n) is 3.51. The second-order valence-electron chi connectivity index (χ2n) is 2.16. The molecule has 62 valence electrons. The third kappa shape index (κ3) is 1.92. The fourth-order valence-corrected chi connectivity index (χ4v) is 0.815. The van der Waals surface area contributed by atoms with Crippen molar-refractivity contribution in [3.63, 3.8) is 0 Å². The molecule has 3 heteroatoms. The van der Waals surface area contributed by atoms with Gasteiger partial charge < -0.3 is 9.21 Å². The molecule has 1 aromatic heterocycles. The Kier molecular flexibility index (Phi) is 3.02. The minimum atomic E-state index is 0.289. The van der Waals surface area contributed by atoms with Crippen LogP contribution in [0.25, 0.3) is 6.08 Å². The minimum absolute atomic E-state index is 0.289. The van der Waals surface area contributed by atoms with Crippen molar-refractivity contribution in [2.45, 2.75) is 6.42 Å². The van der Waals surface area contributed by atoms with Crippen LogP contribution >= 0.6 is 0 Å². The molecule has 0 radical (unpaired) electrons. The van der Waals surface area contributed by atoms with E-state index < -0.39 is 0 Å². The summed E-state index contributed by atoms with van der Waals surface area (Å²) in [6.07, 6.45) is 6.57. The maximum absolute atomic E-state index is 10.3. The molecule has 0 N–H and O–H groups in total. The van der Waals surface area contributed by atoms with Gasteiger partial charge in [0.15, 0.2) is 12.0 Å². The SMILES string of the molecule is O=CCC=Cc1ccoc1C=O. The van der Waals surface area contributed by atoms with Gasteiger partial charge in [-0.3, -0.25) is 4.79 Å². The molecule has 0 amide bonds. The van der Waals surface area contributed by atoms with Crippen molar-refractivity contribution in [3.05, 3.63) is 29.7 Å². The van der Waals surface area contributed by atoms with E-state index in [4.69, 9.17) is 4.42 Å². The van der Waals surface area contributed by atoms with Crippen molar-refractivity contribution in [2.75, 3.05) is 0 Å². The van der Waals surface area contributed by atoms with Crippen LogP contribution in [0.3, 0.4) is 0 Å². The van der Waals surface area contributed by atoms with Gasteiger partial charge in [0.05, 0.1) is 6.26 Å². The van der Waals surface area contributed by atoms with Gasteiger partial charge in [0.2, 0.25) is 0 Å². The zero-order valence-electron chi connectivity index (χ0n) is 6.40. The zero-order chi connectivity index (χ0) is 8.81. The summed E-state index contributed by atoms with van der Waals surface area (Å²) in [6, 6.07) is 1.67. The van der Waals surface area contributed by atoms with Crippen LogP contribution in [0.5, 0.6) is 0 Å². The summed E-state index contributed by atoms with van der Waals surface area (Å²) in [4.78, 5) is 20.3. The Labute approximate surface area is 69.7 Å². The quantitative estimate of drug-likeness (QED) is 0.636. The molecular weight excluding hydrogens is 156 g/mol. The van der Waals surface area contributed by atoms with E-state index in [0.29, 0.717) is 18.3 Å². The molecule has 0 saturated carbocycles. The zero-order valence-corrected chi connectivity index (χ0v) is 6.40. The average Bonchev–Trinajstić information content (AvgIpc) is 2.52. The van der Waals surface area contributed by atoms with Gasteiger partial charge >= 0.3 is 0 Å². The number of hydrogen-bond acceptors (Lipinski definition) is 3. The molecule has 0 atom stereocenters. The van der Waals surface area contributed by atoms with Crippen LogP contribution < -0.4 is 0 Å². The highest BCUT2D eigenvalue weighted by Crippen LogP contribution is 2.09. The van der Waals surface area contributed by atoms with Gasteiger partial charge in [0.25, 0.3) is 0 Å². The van der Waals surface area contributed by atoms with E-state index in [-0.39, 0.29) is 5.76 Å². The topological polar surface area (TPSA) is 47.3 Å². The Bertz CT molecular complexity index is 296. The molecule has 0 saturated heterocycles. The molecule has 0 aromatic carbocycles. The molecule has 0 fully saturated rings. The second-order valence-corrected chi connectivity index (χ2v) is 2.16. The van der Waals surface area contributed by atoms with Crippen molar-refractivity contribution in [1.82, 2.24) is 0 Å². The summed E-state index contributed by atoms with van der Waals surface area (Å²) in [5, 5.41) is 0. The lowest BCUT2D eigenvalue weighted by molar-refractivity contribution is -0.107. The van der Waals surface area contributed by atoms with Gasteiger partial charge in [-0.05, 0) is 6.07 Å². The monoisotopic (exact) mass is 164 g/mol. The van der Waals surface area contributed by atoms with Gasteiger partial charge in [0, 0.05) is 12.0 Å². The van der Waals surface area contributed by atoms with Crippen molar-refractivity contribution < 1.29 is 14.0 Å². The first kappa shape index (κ1) is 8.46. The Morgan fingerprint density at radius 1 is 1.42 bits per heavy atom. The molecule has 0 bridgehead atoms. The van der Waals surface area contributed by atoms with Crippen LogP contribution in [0.2, 0.25) is 0 Å². The van der Waals surface area contributed by atoms with E-state index in [0.717, 1.165) is 6.29 Å². The molecule has 0 aliphatic rings. The first-order chi connectivity index (χ1) is 5.88. The van der Waals surface area contributed by atoms with Crippen LogP contribution in [-0.2, 0) is 4.79 Å². The molecule has 1 heterocycles. The van der Waals surface area contributed by atoms with E-state index in [1.807, 2.05) is 0 Å². The molecule has 0 spiro atoms. The average molecular weight is 164 g/mol. The second kappa shape index (κ2) is 4.28. The normalized spacial score (nSPS) is 10.3. The Morgan fingerprint density at radius 2 is 2.25 bits per heavy atom. The number of allylic oxidation sites excluding steroid dienone is 1. The third-order valence-corrected chi connectivity index (χ3v) is 1.36. The van der Waals surface area contributed by atoms with E-state index in [9.17, 15) is 9.59 Å². The summed E-state index contributed by atoms with van der Waals surface area (Å²) >= 11 is 0. The highest BCUT2D eigenvalue weighted by Gasteiger charge is 1.99. The van der Waals surface area contributed by atoms with Gasteiger partial charge in [-0.1, -0.05) is 12.2 Å².